The van der Waals surface area contributed by atoms with Crippen molar-refractivity contribution in [2.45, 2.75) is 19.8 Å². The molecule has 0 saturated heterocycles. The van der Waals surface area contributed by atoms with Gasteiger partial charge in [0.1, 0.15) is 5.65 Å². The number of unbranched alkanes of at least 4 members (excludes halogenated alkanes) is 1. The number of pyridine rings is 1. The fraction of sp³-hybridized carbons (Fsp3) is 0.190. The zero-order valence-corrected chi connectivity index (χ0v) is 13.8. The van der Waals surface area contributed by atoms with Crippen LogP contribution >= 0.6 is 0 Å². The highest BCUT2D eigenvalue weighted by molar-refractivity contribution is 6.13. The van der Waals surface area contributed by atoms with Gasteiger partial charge in [-0.3, -0.25) is 0 Å². The van der Waals surface area contributed by atoms with Gasteiger partial charge in [0.15, 0.2) is 0 Å². The summed E-state index contributed by atoms with van der Waals surface area (Å²) in [6.07, 6.45) is 4.25. The van der Waals surface area contributed by atoms with Gasteiger partial charge in [-0.1, -0.05) is 49.7 Å². The second kappa shape index (κ2) is 6.36. The third kappa shape index (κ3) is 2.52. The Morgan fingerprint density at radius 1 is 0.958 bits per heavy atom. The first-order valence-electron chi connectivity index (χ1n) is 8.57. The van der Waals surface area contributed by atoms with Gasteiger partial charge in [0, 0.05) is 40.3 Å². The zero-order valence-electron chi connectivity index (χ0n) is 13.8. The average Bonchev–Trinajstić information content (AvgIpc) is 3.01. The van der Waals surface area contributed by atoms with E-state index < -0.39 is 0 Å². The smallest absolute Gasteiger partial charge is 0.138 e. The van der Waals surface area contributed by atoms with Crippen LogP contribution in [0.3, 0.4) is 0 Å². The van der Waals surface area contributed by atoms with Gasteiger partial charge in [0.05, 0.1) is 0 Å². The van der Waals surface area contributed by atoms with Gasteiger partial charge in [-0.15, -0.1) is 0 Å². The predicted octanol–water partition coefficient (Wildman–Crippen LogP) is 5.60. The normalized spacial score (nSPS) is 11.2. The van der Waals surface area contributed by atoms with E-state index in [1.165, 1.54) is 40.4 Å². The molecule has 0 aliphatic carbocycles. The molecule has 120 valence electrons. The van der Waals surface area contributed by atoms with E-state index >= 15 is 0 Å². The molecule has 0 aliphatic heterocycles. The van der Waals surface area contributed by atoms with Crippen LogP contribution in [-0.2, 0) is 0 Å². The average molecular weight is 315 g/mol. The summed E-state index contributed by atoms with van der Waals surface area (Å²) < 4.78 is 0. The lowest BCUT2D eigenvalue weighted by atomic mass is 9.99. The molecule has 4 aromatic rings. The highest BCUT2D eigenvalue weighted by Gasteiger charge is 2.13. The summed E-state index contributed by atoms with van der Waals surface area (Å²) in [6, 6.07) is 19.0. The molecule has 24 heavy (non-hydrogen) atoms. The van der Waals surface area contributed by atoms with E-state index in [2.05, 4.69) is 76.8 Å². The van der Waals surface area contributed by atoms with Crippen LogP contribution in [0.5, 0.6) is 0 Å². The Balaban J connectivity index is 1.91. The number of H-pyrrole nitrogens is 1. The molecule has 0 aliphatic rings. The molecule has 2 aromatic carbocycles. The molecular formula is C21H21N3. The van der Waals surface area contributed by atoms with Crippen molar-refractivity contribution in [1.82, 2.24) is 9.97 Å². The molecule has 0 amide bonds. The number of aromatic nitrogens is 2. The van der Waals surface area contributed by atoms with Gasteiger partial charge < -0.3 is 10.3 Å². The van der Waals surface area contributed by atoms with Crippen LogP contribution in [0.4, 0.5) is 5.69 Å². The van der Waals surface area contributed by atoms with Crippen LogP contribution in [-0.4, -0.2) is 16.5 Å². The highest BCUT2D eigenvalue weighted by atomic mass is 14.9. The second-order valence-electron chi connectivity index (χ2n) is 6.08. The molecule has 2 heterocycles. The lowest BCUT2D eigenvalue weighted by Crippen LogP contribution is -2.02. The molecule has 0 fully saturated rings. The van der Waals surface area contributed by atoms with Gasteiger partial charge in [0.2, 0.25) is 0 Å². The van der Waals surface area contributed by atoms with Crippen LogP contribution in [0.1, 0.15) is 19.8 Å². The van der Waals surface area contributed by atoms with Crippen molar-refractivity contribution in [2.75, 3.05) is 11.9 Å². The van der Waals surface area contributed by atoms with Gasteiger partial charge in [0.25, 0.3) is 0 Å². The minimum absolute atomic E-state index is 0.942. The van der Waals surface area contributed by atoms with Crippen molar-refractivity contribution in [3.63, 3.8) is 0 Å². The number of benzene rings is 2. The maximum absolute atomic E-state index is 4.53. The molecule has 2 aromatic heterocycles. The first-order valence-corrected chi connectivity index (χ1v) is 8.57. The van der Waals surface area contributed by atoms with Crippen molar-refractivity contribution >= 4 is 27.6 Å². The van der Waals surface area contributed by atoms with Crippen LogP contribution in [0.25, 0.3) is 33.1 Å². The first kappa shape index (κ1) is 14.8. The fourth-order valence-corrected chi connectivity index (χ4v) is 3.26. The van der Waals surface area contributed by atoms with Gasteiger partial charge in [-0.25, -0.2) is 4.98 Å². The Kier molecular flexibility index (Phi) is 3.91. The summed E-state index contributed by atoms with van der Waals surface area (Å²) in [7, 11) is 0. The summed E-state index contributed by atoms with van der Waals surface area (Å²) in [5.74, 6) is 0. The summed E-state index contributed by atoms with van der Waals surface area (Å²) in [6.45, 7) is 3.21. The number of anilines is 1. The number of nitrogens with zero attached hydrogens (tertiary/aromatic N) is 1. The summed E-state index contributed by atoms with van der Waals surface area (Å²) in [5, 5.41) is 6.00. The SMILES string of the molecule is CCCCNc1ccccc1-c1ccnc2[nH]c3ccccc3c12. The van der Waals surface area contributed by atoms with E-state index in [-0.39, 0.29) is 0 Å². The molecule has 2 N–H and O–H groups in total. The highest BCUT2D eigenvalue weighted by Crippen LogP contribution is 2.36. The fourth-order valence-electron chi connectivity index (χ4n) is 3.26. The zero-order chi connectivity index (χ0) is 16.4. The van der Waals surface area contributed by atoms with E-state index in [0.29, 0.717) is 0 Å². The van der Waals surface area contributed by atoms with E-state index in [9.17, 15) is 0 Å². The van der Waals surface area contributed by atoms with E-state index in [1.54, 1.807) is 0 Å². The topological polar surface area (TPSA) is 40.7 Å². The molecule has 0 radical (unpaired) electrons. The summed E-state index contributed by atoms with van der Waals surface area (Å²) in [4.78, 5) is 7.96. The number of hydrogen-bond donors (Lipinski definition) is 2. The molecule has 0 saturated carbocycles. The molecule has 3 nitrogen and oxygen atoms in total. The maximum Gasteiger partial charge on any atom is 0.138 e. The van der Waals surface area contributed by atoms with Crippen LogP contribution in [0.15, 0.2) is 60.8 Å². The van der Waals surface area contributed by atoms with Crippen molar-refractivity contribution in [1.29, 1.82) is 0 Å². The number of nitrogens with one attached hydrogen (secondary N) is 2. The second-order valence-corrected chi connectivity index (χ2v) is 6.08. The summed E-state index contributed by atoms with van der Waals surface area (Å²) in [5.41, 5.74) is 5.70. The van der Waals surface area contributed by atoms with Crippen LogP contribution in [0, 0.1) is 0 Å². The predicted molar refractivity (Wildman–Crippen MR) is 102 cm³/mol. The van der Waals surface area contributed by atoms with Gasteiger partial charge in [-0.2, -0.15) is 0 Å². The van der Waals surface area contributed by atoms with Crippen molar-refractivity contribution in [3.05, 3.63) is 60.8 Å². The van der Waals surface area contributed by atoms with Crippen molar-refractivity contribution in [2.24, 2.45) is 0 Å². The number of hydrogen-bond acceptors (Lipinski definition) is 2. The number of rotatable bonds is 5. The number of para-hydroxylation sites is 2. The van der Waals surface area contributed by atoms with Crippen LogP contribution < -0.4 is 5.32 Å². The Labute approximate surface area is 141 Å². The quantitative estimate of drug-likeness (QED) is 0.471. The van der Waals surface area contributed by atoms with E-state index in [1.807, 2.05) is 6.20 Å². The molecule has 3 heteroatoms. The molecular weight excluding hydrogens is 294 g/mol. The minimum Gasteiger partial charge on any atom is -0.385 e. The molecule has 4 rings (SSSR count). The Hall–Kier alpha value is -2.81. The monoisotopic (exact) mass is 315 g/mol. The summed E-state index contributed by atoms with van der Waals surface area (Å²) >= 11 is 0. The largest absolute Gasteiger partial charge is 0.385 e. The third-order valence-corrected chi connectivity index (χ3v) is 4.46. The van der Waals surface area contributed by atoms with Crippen molar-refractivity contribution < 1.29 is 0 Å². The lowest BCUT2D eigenvalue weighted by Gasteiger charge is -2.13. The Morgan fingerprint density at radius 3 is 2.71 bits per heavy atom. The number of aromatic amines is 1. The first-order chi connectivity index (χ1) is 11.9. The molecule has 0 atom stereocenters. The minimum atomic E-state index is 0.942. The molecule has 0 spiro atoms. The number of fused-ring (bicyclic) bond motifs is 3. The van der Waals surface area contributed by atoms with Gasteiger partial charge in [-0.05, 0) is 30.2 Å². The van der Waals surface area contributed by atoms with Crippen molar-refractivity contribution in [3.8, 4) is 11.1 Å². The van der Waals surface area contributed by atoms with Gasteiger partial charge >= 0.3 is 0 Å². The lowest BCUT2D eigenvalue weighted by molar-refractivity contribution is 0.834. The Bertz CT molecular complexity index is 985. The maximum atomic E-state index is 4.53. The molecule has 0 unspecified atom stereocenters. The van der Waals surface area contributed by atoms with E-state index in [4.69, 9.17) is 0 Å². The standard InChI is InChI=1S/C21H21N3/c1-2-3-13-22-18-10-6-4-8-15(18)16-12-14-23-21-20(16)17-9-5-7-11-19(17)24-21/h4-12,14,22H,2-3,13H2,1H3,(H,23,24). The van der Waals surface area contributed by atoms with E-state index in [0.717, 1.165) is 17.7 Å². The third-order valence-electron chi connectivity index (χ3n) is 4.46. The Morgan fingerprint density at radius 2 is 1.79 bits per heavy atom. The molecule has 0 bridgehead atoms. The van der Waals surface area contributed by atoms with Crippen LogP contribution in [0.2, 0.25) is 0 Å².